The summed E-state index contributed by atoms with van der Waals surface area (Å²) >= 11 is 0. The number of hydrogen-bond acceptors (Lipinski definition) is 4. The average Bonchev–Trinajstić information content (AvgIpc) is 2.92. The molecular formula is C13H21N5O3. The Bertz CT molecular complexity index is 520. The first-order valence-corrected chi connectivity index (χ1v) is 7.09. The van der Waals surface area contributed by atoms with Crippen molar-refractivity contribution in [1.29, 1.82) is 0 Å². The molecular weight excluding hydrogens is 274 g/mol. The van der Waals surface area contributed by atoms with E-state index in [1.165, 1.54) is 0 Å². The summed E-state index contributed by atoms with van der Waals surface area (Å²) in [7, 11) is 0. The van der Waals surface area contributed by atoms with E-state index < -0.39 is 11.4 Å². The number of rotatable bonds is 4. The molecule has 0 aromatic carbocycles. The summed E-state index contributed by atoms with van der Waals surface area (Å²) in [5.74, 6) is -0.0863. The molecule has 0 bridgehead atoms. The van der Waals surface area contributed by atoms with Crippen molar-refractivity contribution >= 4 is 12.0 Å². The van der Waals surface area contributed by atoms with Gasteiger partial charge in [-0.1, -0.05) is 0 Å². The van der Waals surface area contributed by atoms with Gasteiger partial charge in [0.05, 0.1) is 12.0 Å². The SMILES string of the molecule is CCn1cnnc1CNC(=O)N1CCC(C)(C(=O)O)CC1. The number of carboxylic acids is 1. The van der Waals surface area contributed by atoms with E-state index in [2.05, 4.69) is 15.5 Å². The van der Waals surface area contributed by atoms with Gasteiger partial charge in [0.2, 0.25) is 0 Å². The van der Waals surface area contributed by atoms with E-state index in [0.717, 1.165) is 6.54 Å². The Morgan fingerprint density at radius 2 is 2.10 bits per heavy atom. The molecule has 2 rings (SSSR count). The smallest absolute Gasteiger partial charge is 0.317 e. The molecule has 1 fully saturated rings. The van der Waals surface area contributed by atoms with Crippen molar-refractivity contribution in [1.82, 2.24) is 25.0 Å². The Hall–Kier alpha value is -2.12. The first-order valence-electron chi connectivity index (χ1n) is 7.09. The van der Waals surface area contributed by atoms with Crippen LogP contribution in [0, 0.1) is 5.41 Å². The third-order valence-electron chi connectivity index (χ3n) is 4.10. The Kier molecular flexibility index (Phi) is 4.44. The molecule has 116 valence electrons. The molecule has 0 atom stereocenters. The zero-order valence-electron chi connectivity index (χ0n) is 12.4. The van der Waals surface area contributed by atoms with Crippen molar-refractivity contribution in [2.24, 2.45) is 5.41 Å². The van der Waals surface area contributed by atoms with Gasteiger partial charge in [0.15, 0.2) is 5.82 Å². The Morgan fingerprint density at radius 1 is 1.43 bits per heavy atom. The van der Waals surface area contributed by atoms with Crippen LogP contribution in [0.2, 0.25) is 0 Å². The molecule has 8 nitrogen and oxygen atoms in total. The highest BCUT2D eigenvalue weighted by atomic mass is 16.4. The van der Waals surface area contributed by atoms with Gasteiger partial charge in [-0.25, -0.2) is 4.79 Å². The summed E-state index contributed by atoms with van der Waals surface area (Å²) in [4.78, 5) is 24.9. The van der Waals surface area contributed by atoms with Crippen LogP contribution in [0.3, 0.4) is 0 Å². The summed E-state index contributed by atoms with van der Waals surface area (Å²) in [6.07, 6.45) is 2.57. The van der Waals surface area contributed by atoms with Gasteiger partial charge in [0.25, 0.3) is 0 Å². The zero-order valence-corrected chi connectivity index (χ0v) is 12.4. The average molecular weight is 295 g/mol. The van der Waals surface area contributed by atoms with E-state index in [0.29, 0.717) is 38.3 Å². The molecule has 0 spiro atoms. The number of aryl methyl sites for hydroxylation is 1. The highest BCUT2D eigenvalue weighted by Crippen LogP contribution is 2.30. The van der Waals surface area contributed by atoms with Crippen LogP contribution >= 0.6 is 0 Å². The van der Waals surface area contributed by atoms with Gasteiger partial charge >= 0.3 is 12.0 Å². The molecule has 1 saturated heterocycles. The number of amides is 2. The lowest BCUT2D eigenvalue weighted by atomic mass is 9.80. The predicted molar refractivity (Wildman–Crippen MR) is 74.5 cm³/mol. The second-order valence-corrected chi connectivity index (χ2v) is 5.54. The summed E-state index contributed by atoms with van der Waals surface area (Å²) in [6, 6.07) is -0.187. The first kappa shape index (κ1) is 15.3. The molecule has 21 heavy (non-hydrogen) atoms. The monoisotopic (exact) mass is 295 g/mol. The van der Waals surface area contributed by atoms with Crippen LogP contribution in [0.25, 0.3) is 0 Å². The van der Waals surface area contributed by atoms with Gasteiger partial charge in [-0.05, 0) is 26.7 Å². The quantitative estimate of drug-likeness (QED) is 0.851. The number of nitrogens with zero attached hydrogens (tertiary/aromatic N) is 4. The topological polar surface area (TPSA) is 100 Å². The van der Waals surface area contributed by atoms with E-state index in [9.17, 15) is 14.7 Å². The molecule has 1 aromatic heterocycles. The molecule has 0 radical (unpaired) electrons. The number of aromatic nitrogens is 3. The Balaban J connectivity index is 1.84. The summed E-state index contributed by atoms with van der Waals surface area (Å²) < 4.78 is 1.86. The maximum Gasteiger partial charge on any atom is 0.317 e. The van der Waals surface area contributed by atoms with Crippen LogP contribution in [0.1, 0.15) is 32.5 Å². The lowest BCUT2D eigenvalue weighted by Gasteiger charge is -2.36. The van der Waals surface area contributed by atoms with E-state index in [4.69, 9.17) is 0 Å². The highest BCUT2D eigenvalue weighted by Gasteiger charge is 2.37. The number of carbonyl (C=O) groups is 2. The largest absolute Gasteiger partial charge is 0.481 e. The molecule has 0 unspecified atom stereocenters. The zero-order chi connectivity index (χ0) is 15.5. The van der Waals surface area contributed by atoms with Crippen LogP contribution in [0.5, 0.6) is 0 Å². The predicted octanol–water partition coefficient (Wildman–Crippen LogP) is 0.694. The van der Waals surface area contributed by atoms with Crippen molar-refractivity contribution in [2.45, 2.75) is 39.8 Å². The summed E-state index contributed by atoms with van der Waals surface area (Å²) in [5, 5.41) is 19.7. The van der Waals surface area contributed by atoms with Crippen molar-refractivity contribution in [3.63, 3.8) is 0 Å². The number of piperidine rings is 1. The molecule has 1 aromatic rings. The molecule has 0 saturated carbocycles. The van der Waals surface area contributed by atoms with Crippen LogP contribution in [-0.4, -0.2) is 49.9 Å². The van der Waals surface area contributed by atoms with E-state index in [1.54, 1.807) is 18.2 Å². The number of urea groups is 1. The highest BCUT2D eigenvalue weighted by molar-refractivity contribution is 5.76. The summed E-state index contributed by atoms with van der Waals surface area (Å²) in [6.45, 7) is 5.68. The molecule has 1 aliphatic heterocycles. The van der Waals surface area contributed by atoms with Gasteiger partial charge in [-0.15, -0.1) is 10.2 Å². The standard InChI is InChI=1S/C13H21N5O3/c1-3-17-9-15-16-10(17)8-14-12(21)18-6-4-13(2,5-7-18)11(19)20/h9H,3-8H2,1-2H3,(H,14,21)(H,19,20). The van der Waals surface area contributed by atoms with Crippen molar-refractivity contribution in [3.8, 4) is 0 Å². The number of hydrogen-bond donors (Lipinski definition) is 2. The lowest BCUT2D eigenvalue weighted by Crippen LogP contribution is -2.48. The minimum atomic E-state index is -0.793. The number of carboxylic acid groups (broad SMARTS) is 1. The minimum Gasteiger partial charge on any atom is -0.481 e. The maximum absolute atomic E-state index is 12.1. The molecule has 1 aliphatic rings. The fourth-order valence-corrected chi connectivity index (χ4v) is 2.36. The van der Waals surface area contributed by atoms with Crippen molar-refractivity contribution < 1.29 is 14.7 Å². The Morgan fingerprint density at radius 3 is 2.67 bits per heavy atom. The van der Waals surface area contributed by atoms with Crippen molar-refractivity contribution in [3.05, 3.63) is 12.2 Å². The molecule has 8 heteroatoms. The maximum atomic E-state index is 12.1. The van der Waals surface area contributed by atoms with Gasteiger partial charge in [0.1, 0.15) is 6.33 Å². The number of likely N-dealkylation sites (tertiary alicyclic amines) is 1. The van der Waals surface area contributed by atoms with E-state index >= 15 is 0 Å². The second-order valence-electron chi connectivity index (χ2n) is 5.54. The Labute approximate surface area is 123 Å². The van der Waals surface area contributed by atoms with E-state index in [-0.39, 0.29) is 6.03 Å². The third-order valence-corrected chi connectivity index (χ3v) is 4.10. The molecule has 2 amide bonds. The molecule has 2 heterocycles. The molecule has 2 N–H and O–H groups in total. The van der Waals surface area contributed by atoms with E-state index in [1.807, 2.05) is 11.5 Å². The molecule has 0 aliphatic carbocycles. The van der Waals surface area contributed by atoms with Gasteiger partial charge < -0.3 is 19.9 Å². The normalized spacial score (nSPS) is 17.5. The summed E-state index contributed by atoms with van der Waals surface area (Å²) in [5.41, 5.74) is -0.723. The number of aliphatic carboxylic acids is 1. The minimum absolute atomic E-state index is 0.187. The lowest BCUT2D eigenvalue weighted by molar-refractivity contribution is -0.150. The fraction of sp³-hybridized carbons (Fsp3) is 0.692. The van der Waals surface area contributed by atoms with Gasteiger partial charge in [0, 0.05) is 19.6 Å². The van der Waals surface area contributed by atoms with Crippen LogP contribution in [0.4, 0.5) is 4.79 Å². The van der Waals surface area contributed by atoms with Crippen molar-refractivity contribution in [2.75, 3.05) is 13.1 Å². The van der Waals surface area contributed by atoms with Crippen LogP contribution < -0.4 is 5.32 Å². The second kappa shape index (κ2) is 6.11. The van der Waals surface area contributed by atoms with Crippen LogP contribution in [0.15, 0.2) is 6.33 Å². The number of carbonyl (C=O) groups excluding carboxylic acids is 1. The van der Waals surface area contributed by atoms with Crippen LogP contribution in [-0.2, 0) is 17.9 Å². The number of nitrogens with one attached hydrogen (secondary N) is 1. The third kappa shape index (κ3) is 3.32. The van der Waals surface area contributed by atoms with Gasteiger partial charge in [-0.3, -0.25) is 4.79 Å². The van der Waals surface area contributed by atoms with Gasteiger partial charge in [-0.2, -0.15) is 0 Å². The first-order chi connectivity index (χ1) is 9.96. The fourth-order valence-electron chi connectivity index (χ4n) is 2.36.